The van der Waals surface area contributed by atoms with E-state index in [2.05, 4.69) is 10.1 Å². The molecule has 2 N–H and O–H groups in total. The van der Waals surface area contributed by atoms with Crippen LogP contribution in [0.2, 0.25) is 0 Å². The van der Waals surface area contributed by atoms with Crippen molar-refractivity contribution in [2.75, 3.05) is 0 Å². The van der Waals surface area contributed by atoms with Crippen LogP contribution in [0.15, 0.2) is 48.9 Å². The fraction of sp³-hybridized carbons (Fsp3) is 0. The molecule has 0 fully saturated rings. The van der Waals surface area contributed by atoms with Gasteiger partial charge in [-0.3, -0.25) is 4.98 Å². The van der Waals surface area contributed by atoms with Gasteiger partial charge in [-0.1, -0.05) is 18.2 Å². The Morgan fingerprint density at radius 3 is 2.83 bits per heavy atom. The summed E-state index contributed by atoms with van der Waals surface area (Å²) in [6.45, 7) is 0. The first-order chi connectivity index (χ1) is 8.75. The summed E-state index contributed by atoms with van der Waals surface area (Å²) in [4.78, 5) is 4.33. The highest BCUT2D eigenvalue weighted by Crippen LogP contribution is 2.26. The predicted molar refractivity (Wildman–Crippen MR) is 75.1 cm³/mol. The molecule has 4 nitrogen and oxygen atoms in total. The summed E-state index contributed by atoms with van der Waals surface area (Å²) in [7, 11) is 0. The fourth-order valence-electron chi connectivity index (χ4n) is 1.93. The number of nitrogens with two attached hydrogens (primary N) is 1. The zero-order valence-corrected chi connectivity index (χ0v) is 10.3. The van der Waals surface area contributed by atoms with E-state index in [-0.39, 0.29) is 5.11 Å². The van der Waals surface area contributed by atoms with E-state index in [4.69, 9.17) is 18.0 Å². The van der Waals surface area contributed by atoms with Crippen LogP contribution in [0.3, 0.4) is 0 Å². The van der Waals surface area contributed by atoms with Crippen molar-refractivity contribution in [1.29, 1.82) is 0 Å². The molecule has 0 saturated heterocycles. The summed E-state index contributed by atoms with van der Waals surface area (Å²) < 4.78 is 1.49. The fourth-order valence-corrected chi connectivity index (χ4v) is 2.03. The lowest BCUT2D eigenvalue weighted by Crippen LogP contribution is -2.19. The van der Waals surface area contributed by atoms with E-state index in [1.165, 1.54) is 4.68 Å². The van der Waals surface area contributed by atoms with Crippen molar-refractivity contribution in [2.45, 2.75) is 0 Å². The van der Waals surface area contributed by atoms with Crippen molar-refractivity contribution in [3.05, 3.63) is 48.9 Å². The summed E-state index contributed by atoms with van der Waals surface area (Å²) in [6, 6.07) is 9.94. The van der Waals surface area contributed by atoms with Crippen molar-refractivity contribution in [3.63, 3.8) is 0 Å². The molecule has 5 heteroatoms. The maximum atomic E-state index is 5.54. The van der Waals surface area contributed by atoms with Crippen LogP contribution in [0.5, 0.6) is 0 Å². The molecule has 88 valence electrons. The third kappa shape index (κ3) is 1.74. The molecule has 3 aromatic rings. The Morgan fingerprint density at radius 1 is 1.22 bits per heavy atom. The minimum atomic E-state index is 0.236. The summed E-state index contributed by atoms with van der Waals surface area (Å²) in [5, 5.41) is 5.45. The summed E-state index contributed by atoms with van der Waals surface area (Å²) >= 11 is 4.89. The van der Waals surface area contributed by atoms with Gasteiger partial charge in [-0.2, -0.15) is 5.10 Å². The Bertz CT molecular complexity index is 727. The van der Waals surface area contributed by atoms with E-state index < -0.39 is 0 Å². The topological polar surface area (TPSA) is 56.7 Å². The lowest BCUT2D eigenvalue weighted by atomic mass is 10.0. The Balaban J connectivity index is 2.21. The Hall–Kier alpha value is -2.27. The van der Waals surface area contributed by atoms with Crippen LogP contribution in [0.4, 0.5) is 0 Å². The zero-order chi connectivity index (χ0) is 12.5. The van der Waals surface area contributed by atoms with Crippen molar-refractivity contribution >= 4 is 28.2 Å². The lowest BCUT2D eigenvalue weighted by Gasteiger charge is -2.02. The minimum absolute atomic E-state index is 0.236. The molecule has 0 amide bonds. The Morgan fingerprint density at radius 2 is 2.06 bits per heavy atom. The van der Waals surface area contributed by atoms with Crippen molar-refractivity contribution in [1.82, 2.24) is 14.8 Å². The number of rotatable bonds is 1. The van der Waals surface area contributed by atoms with Gasteiger partial charge in [0.1, 0.15) is 0 Å². The highest BCUT2D eigenvalue weighted by atomic mass is 32.1. The van der Waals surface area contributed by atoms with Crippen LogP contribution in [0.25, 0.3) is 22.0 Å². The highest BCUT2D eigenvalue weighted by Gasteiger charge is 2.07. The van der Waals surface area contributed by atoms with Crippen LogP contribution in [-0.4, -0.2) is 19.9 Å². The van der Waals surface area contributed by atoms with Gasteiger partial charge in [0.25, 0.3) is 0 Å². The van der Waals surface area contributed by atoms with Crippen LogP contribution in [0, 0.1) is 0 Å². The van der Waals surface area contributed by atoms with Crippen LogP contribution >= 0.6 is 12.2 Å². The van der Waals surface area contributed by atoms with Gasteiger partial charge >= 0.3 is 0 Å². The molecule has 0 aliphatic heterocycles. The standard InChI is InChI=1S/C13H10N4S/c14-13(18)17-8-9(7-16-17)10-5-6-15-12-4-2-1-3-11(10)12/h1-8H,(H2,14,18). The van der Waals surface area contributed by atoms with Gasteiger partial charge in [-0.15, -0.1) is 0 Å². The van der Waals surface area contributed by atoms with Gasteiger partial charge in [0, 0.05) is 23.3 Å². The molecule has 1 aromatic carbocycles. The number of benzene rings is 1. The van der Waals surface area contributed by atoms with Crippen LogP contribution in [-0.2, 0) is 0 Å². The SMILES string of the molecule is NC(=S)n1cc(-c2ccnc3ccccc23)cn1. The van der Waals surface area contributed by atoms with E-state index in [9.17, 15) is 0 Å². The normalized spacial score (nSPS) is 10.7. The quantitative estimate of drug-likeness (QED) is 0.676. The number of thiocarbonyl (C=S) groups is 1. The summed E-state index contributed by atoms with van der Waals surface area (Å²) in [5.41, 5.74) is 8.54. The third-order valence-corrected chi connectivity index (χ3v) is 2.96. The van der Waals surface area contributed by atoms with E-state index >= 15 is 0 Å². The molecular formula is C13H10N4S. The smallest absolute Gasteiger partial charge is 0.191 e. The molecule has 3 rings (SSSR count). The molecular weight excluding hydrogens is 244 g/mol. The summed E-state index contributed by atoms with van der Waals surface area (Å²) in [5.74, 6) is 0. The molecule has 0 saturated carbocycles. The largest absolute Gasteiger partial charge is 0.374 e. The Kier molecular flexibility index (Phi) is 2.53. The minimum Gasteiger partial charge on any atom is -0.374 e. The van der Waals surface area contributed by atoms with E-state index in [0.29, 0.717) is 0 Å². The lowest BCUT2D eigenvalue weighted by molar-refractivity contribution is 0.940. The molecule has 0 unspecified atom stereocenters. The molecule has 18 heavy (non-hydrogen) atoms. The third-order valence-electron chi connectivity index (χ3n) is 2.77. The molecule has 0 atom stereocenters. The first-order valence-electron chi connectivity index (χ1n) is 5.44. The second kappa shape index (κ2) is 4.19. The second-order valence-corrected chi connectivity index (χ2v) is 4.31. The zero-order valence-electron chi connectivity index (χ0n) is 9.45. The number of nitrogens with zero attached hydrogens (tertiary/aromatic N) is 3. The number of hydrogen-bond donors (Lipinski definition) is 1. The van der Waals surface area contributed by atoms with Gasteiger partial charge in [0.2, 0.25) is 0 Å². The maximum absolute atomic E-state index is 5.54. The predicted octanol–water partition coefficient (Wildman–Crippen LogP) is 2.19. The average molecular weight is 254 g/mol. The monoisotopic (exact) mass is 254 g/mol. The molecule has 0 aliphatic carbocycles. The number of fused-ring (bicyclic) bond motifs is 1. The van der Waals surface area contributed by atoms with Gasteiger partial charge in [0.05, 0.1) is 11.7 Å². The van der Waals surface area contributed by atoms with Crippen molar-refractivity contribution in [2.24, 2.45) is 5.73 Å². The second-order valence-electron chi connectivity index (χ2n) is 3.89. The number of pyridine rings is 1. The van der Waals surface area contributed by atoms with Gasteiger partial charge in [-0.25, -0.2) is 4.68 Å². The van der Waals surface area contributed by atoms with Crippen LogP contribution < -0.4 is 5.73 Å². The first kappa shape index (κ1) is 10.9. The van der Waals surface area contributed by atoms with Crippen molar-refractivity contribution < 1.29 is 0 Å². The maximum Gasteiger partial charge on any atom is 0.191 e. The van der Waals surface area contributed by atoms with E-state index in [1.807, 2.05) is 36.5 Å². The van der Waals surface area contributed by atoms with Gasteiger partial charge in [0.15, 0.2) is 5.11 Å². The molecule has 0 bridgehead atoms. The average Bonchev–Trinajstić information content (AvgIpc) is 2.87. The van der Waals surface area contributed by atoms with Gasteiger partial charge < -0.3 is 5.73 Å². The molecule has 2 heterocycles. The van der Waals surface area contributed by atoms with E-state index in [1.54, 1.807) is 12.4 Å². The number of aromatic nitrogens is 3. The summed E-state index contributed by atoms with van der Waals surface area (Å²) in [6.07, 6.45) is 5.36. The van der Waals surface area contributed by atoms with Crippen molar-refractivity contribution in [3.8, 4) is 11.1 Å². The first-order valence-corrected chi connectivity index (χ1v) is 5.85. The molecule has 0 radical (unpaired) electrons. The molecule has 0 spiro atoms. The Labute approximate surface area is 109 Å². The molecule has 0 aliphatic rings. The van der Waals surface area contributed by atoms with E-state index in [0.717, 1.165) is 22.0 Å². The highest BCUT2D eigenvalue weighted by molar-refractivity contribution is 7.80. The van der Waals surface area contributed by atoms with Gasteiger partial charge in [-0.05, 0) is 29.9 Å². The molecule has 2 aromatic heterocycles. The van der Waals surface area contributed by atoms with Crippen LogP contribution in [0.1, 0.15) is 0 Å². The number of para-hydroxylation sites is 1. The number of hydrogen-bond acceptors (Lipinski definition) is 3.